The van der Waals surface area contributed by atoms with Crippen LogP contribution in [0.2, 0.25) is 0 Å². The van der Waals surface area contributed by atoms with E-state index in [1.54, 1.807) is 4.99 Å². The van der Waals surface area contributed by atoms with Crippen molar-refractivity contribution in [3.63, 3.8) is 0 Å². The third-order valence-electron chi connectivity index (χ3n) is 0.194. The summed E-state index contributed by atoms with van der Waals surface area (Å²) in [6.07, 6.45) is 1.91. The van der Waals surface area contributed by atoms with E-state index in [4.69, 9.17) is 0 Å². The van der Waals surface area contributed by atoms with Crippen LogP contribution in [-0.4, -0.2) is 5.75 Å². The third kappa shape index (κ3) is 4.57. The molecule has 0 radical (unpaired) electrons. The summed E-state index contributed by atoms with van der Waals surface area (Å²) < 4.78 is 0. The highest BCUT2D eigenvalue weighted by atomic mass is 79.9. The van der Waals surface area contributed by atoms with Crippen molar-refractivity contribution in [1.29, 1.82) is 0 Å². The first-order chi connectivity index (χ1) is 2.41. The lowest BCUT2D eigenvalue weighted by Gasteiger charge is -1.63. The van der Waals surface area contributed by atoms with Gasteiger partial charge >= 0.3 is 0 Å². The maximum atomic E-state index is 3.88. The van der Waals surface area contributed by atoms with Crippen LogP contribution in [0.4, 0.5) is 0 Å². The van der Waals surface area contributed by atoms with Crippen LogP contribution in [0, 0.1) is 0 Å². The van der Waals surface area contributed by atoms with Gasteiger partial charge in [0.25, 0.3) is 0 Å². The van der Waals surface area contributed by atoms with Crippen LogP contribution in [0.5, 0.6) is 0 Å². The van der Waals surface area contributed by atoms with E-state index >= 15 is 0 Å². The molecule has 0 saturated carbocycles. The summed E-state index contributed by atoms with van der Waals surface area (Å²) in [6, 6.07) is 0. The highest BCUT2D eigenvalue weighted by Crippen LogP contribution is 1.82. The van der Waals surface area contributed by atoms with Gasteiger partial charge in [0, 0.05) is 5.75 Å². The first kappa shape index (κ1) is 5.57. The molecule has 0 atom stereocenters. The van der Waals surface area contributed by atoms with Crippen LogP contribution in [-0.2, 0) is 0 Å². The Morgan fingerprint density at radius 2 is 2.40 bits per heavy atom. The van der Waals surface area contributed by atoms with Crippen LogP contribution in [0.3, 0.4) is 0 Å². The first-order valence-corrected chi connectivity index (χ1v) is 2.82. The van der Waals surface area contributed by atoms with E-state index in [2.05, 4.69) is 28.6 Å². The van der Waals surface area contributed by atoms with Gasteiger partial charge in [0.15, 0.2) is 0 Å². The summed E-state index contributed by atoms with van der Waals surface area (Å²) >= 11 is 6.96. The minimum atomic E-state index is 0.811. The molecule has 0 saturated heterocycles. The van der Waals surface area contributed by atoms with Crippen molar-refractivity contribution in [3.05, 3.63) is 11.1 Å². The second-order valence-corrected chi connectivity index (χ2v) is 1.44. The predicted molar refractivity (Wildman–Crippen MR) is 31.9 cm³/mol. The molecule has 0 rings (SSSR count). The summed E-state index contributed by atoms with van der Waals surface area (Å²) in [7, 11) is 0. The highest BCUT2D eigenvalue weighted by Gasteiger charge is 1.54. The number of hydrogen-bond acceptors (Lipinski definition) is 1. The van der Waals surface area contributed by atoms with Crippen LogP contribution in [0.25, 0.3) is 0 Å². The van der Waals surface area contributed by atoms with Crippen LogP contribution < -0.4 is 0 Å². The van der Waals surface area contributed by atoms with Gasteiger partial charge in [0.05, 0.1) is 0 Å². The van der Waals surface area contributed by atoms with E-state index in [-0.39, 0.29) is 0 Å². The zero-order valence-corrected chi connectivity index (χ0v) is 5.17. The number of halogens is 1. The molecule has 2 heteroatoms. The van der Waals surface area contributed by atoms with E-state index in [1.165, 1.54) is 0 Å². The van der Waals surface area contributed by atoms with E-state index in [1.807, 2.05) is 6.08 Å². The van der Waals surface area contributed by atoms with Gasteiger partial charge in [-0.25, -0.2) is 0 Å². The third-order valence-corrected chi connectivity index (χ3v) is 0.779. The van der Waals surface area contributed by atoms with Gasteiger partial charge in [-0.2, -0.15) is 12.6 Å². The second-order valence-electron chi connectivity index (χ2n) is 0.544. The first-order valence-electron chi connectivity index (χ1n) is 1.28. The second kappa shape index (κ2) is 4.57. The van der Waals surface area contributed by atoms with Crippen molar-refractivity contribution in [2.24, 2.45) is 0 Å². The molecule has 0 aromatic carbocycles. The Labute approximate surface area is 45.8 Å². The Kier molecular flexibility index (Phi) is 5.09. The Hall–Kier alpha value is 0.570. The largest absolute Gasteiger partial charge is 0.175 e. The lowest BCUT2D eigenvalue weighted by atomic mass is 10.8. The lowest BCUT2D eigenvalue weighted by Crippen LogP contribution is -1.49. The van der Waals surface area contributed by atoms with Crippen molar-refractivity contribution in [1.82, 2.24) is 0 Å². The van der Waals surface area contributed by atoms with Crippen molar-refractivity contribution < 1.29 is 0 Å². The normalized spacial score (nSPS) is 10.0. The van der Waals surface area contributed by atoms with Gasteiger partial charge < -0.3 is 0 Å². The van der Waals surface area contributed by atoms with E-state index in [9.17, 15) is 0 Å². The van der Waals surface area contributed by atoms with Crippen LogP contribution in [0.1, 0.15) is 0 Å². The molecule has 0 aliphatic heterocycles. The van der Waals surface area contributed by atoms with Gasteiger partial charge in [-0.15, -0.1) is 0 Å². The molecule has 0 bridgehead atoms. The summed E-state index contributed by atoms with van der Waals surface area (Å²) in [6.45, 7) is 0. The molecule has 0 fully saturated rings. The molecule has 0 aliphatic rings. The monoisotopic (exact) mass is 152 g/mol. The fourth-order valence-electron chi connectivity index (χ4n) is 0.0398. The zero-order valence-electron chi connectivity index (χ0n) is 2.69. The molecule has 0 N–H and O–H groups in total. The molecule has 0 spiro atoms. The predicted octanol–water partition coefficient (Wildman–Crippen LogP) is 1.82. The number of thiol groups is 1. The van der Waals surface area contributed by atoms with Crippen molar-refractivity contribution in [2.45, 2.75) is 0 Å². The summed E-state index contributed by atoms with van der Waals surface area (Å²) in [4.78, 5) is 1.79. The molecule has 0 amide bonds. The van der Waals surface area contributed by atoms with Crippen LogP contribution in [0.15, 0.2) is 11.1 Å². The van der Waals surface area contributed by atoms with Crippen molar-refractivity contribution >= 4 is 28.6 Å². The molecule has 0 aliphatic carbocycles. The molecule has 0 nitrogen and oxygen atoms in total. The Balaban J connectivity index is 2.62. The molecular formula is C3H5BrS. The van der Waals surface area contributed by atoms with Crippen LogP contribution >= 0.6 is 28.6 Å². The van der Waals surface area contributed by atoms with Gasteiger partial charge in [0.2, 0.25) is 0 Å². The van der Waals surface area contributed by atoms with E-state index in [0.717, 1.165) is 5.75 Å². The van der Waals surface area contributed by atoms with Gasteiger partial charge in [-0.05, 0) is 4.99 Å². The molecule has 0 aromatic rings. The Bertz CT molecular complexity index is 33.9. The summed E-state index contributed by atoms with van der Waals surface area (Å²) in [5.41, 5.74) is 0. The molecule has 5 heavy (non-hydrogen) atoms. The summed E-state index contributed by atoms with van der Waals surface area (Å²) in [5, 5.41) is 0. The maximum absolute atomic E-state index is 3.88. The smallest absolute Gasteiger partial charge is 0.00907 e. The average molecular weight is 153 g/mol. The Morgan fingerprint density at radius 3 is 2.40 bits per heavy atom. The fourth-order valence-corrected chi connectivity index (χ4v) is 0.621. The molecular weight excluding hydrogens is 148 g/mol. The summed E-state index contributed by atoms with van der Waals surface area (Å²) in [5.74, 6) is 0.811. The van der Waals surface area contributed by atoms with Gasteiger partial charge in [-0.3, -0.25) is 0 Å². The number of hydrogen-bond donors (Lipinski definition) is 1. The zero-order chi connectivity index (χ0) is 4.12. The van der Waals surface area contributed by atoms with Crippen molar-refractivity contribution in [2.75, 3.05) is 5.75 Å². The quantitative estimate of drug-likeness (QED) is 0.546. The topological polar surface area (TPSA) is 0 Å². The molecule has 0 unspecified atom stereocenters. The average Bonchev–Trinajstić information content (AvgIpc) is 1.41. The minimum absolute atomic E-state index is 0.811. The number of rotatable bonds is 1. The lowest BCUT2D eigenvalue weighted by molar-refractivity contribution is 1.84. The van der Waals surface area contributed by atoms with Gasteiger partial charge in [-0.1, -0.05) is 22.0 Å². The molecule has 0 aromatic heterocycles. The Morgan fingerprint density at radius 1 is 1.80 bits per heavy atom. The highest BCUT2D eigenvalue weighted by molar-refractivity contribution is 9.11. The van der Waals surface area contributed by atoms with E-state index < -0.39 is 0 Å². The fraction of sp³-hybridized carbons (Fsp3) is 0.333. The maximum Gasteiger partial charge on any atom is 0.00907 e. The standard InChI is InChI=1S/C3H5BrS/c4-2-1-3-5/h1-2,5H,3H2. The molecule has 0 heterocycles. The minimum Gasteiger partial charge on any atom is -0.175 e. The van der Waals surface area contributed by atoms with E-state index in [0.29, 0.717) is 0 Å². The SMILES string of the molecule is SCC=CBr. The molecule has 30 valence electrons. The van der Waals surface area contributed by atoms with Gasteiger partial charge in [0.1, 0.15) is 0 Å². The van der Waals surface area contributed by atoms with Crippen molar-refractivity contribution in [3.8, 4) is 0 Å².